The molecule has 2 nitrogen and oxygen atoms in total. The van der Waals surface area contributed by atoms with Crippen LogP contribution in [0.1, 0.15) is 16.7 Å². The van der Waals surface area contributed by atoms with E-state index in [1.54, 1.807) is 6.07 Å². The van der Waals surface area contributed by atoms with Gasteiger partial charge in [0, 0.05) is 11.4 Å². The highest BCUT2D eigenvalue weighted by molar-refractivity contribution is 6.31. The van der Waals surface area contributed by atoms with Gasteiger partial charge in [-0.3, -0.25) is 0 Å². The van der Waals surface area contributed by atoms with E-state index in [1.165, 1.54) is 0 Å². The normalized spacial score (nSPS) is 13.5. The Hall–Kier alpha value is -2.06. The van der Waals surface area contributed by atoms with Gasteiger partial charge in [0.1, 0.15) is 0 Å². The lowest BCUT2D eigenvalue weighted by atomic mass is 9.97. The zero-order valence-corrected chi connectivity index (χ0v) is 10.8. The third-order valence-corrected chi connectivity index (χ3v) is 3.55. The van der Waals surface area contributed by atoms with Crippen molar-refractivity contribution in [2.24, 2.45) is 0 Å². The largest absolute Gasteiger partial charge is 0.545 e. The Kier molecular flexibility index (Phi) is 2.88. The van der Waals surface area contributed by atoms with Crippen molar-refractivity contribution in [1.29, 1.82) is 0 Å². The van der Waals surface area contributed by atoms with E-state index in [9.17, 15) is 9.90 Å². The smallest absolute Gasteiger partial charge is 0.0684 e. The van der Waals surface area contributed by atoms with Crippen LogP contribution in [0.4, 0.5) is 0 Å². The third-order valence-electron chi connectivity index (χ3n) is 3.32. The first-order valence-electron chi connectivity index (χ1n) is 5.95. The van der Waals surface area contributed by atoms with Gasteiger partial charge in [0.2, 0.25) is 0 Å². The lowest BCUT2D eigenvalue weighted by molar-refractivity contribution is -0.299. The Balaban J connectivity index is 2.25. The molecule has 3 heteroatoms. The van der Waals surface area contributed by atoms with Crippen LogP contribution >= 0.6 is 11.6 Å². The second-order valence-corrected chi connectivity index (χ2v) is 4.92. The first-order chi connectivity index (χ1) is 9.16. The number of carboxylic acids is 1. The Morgan fingerprint density at radius 2 is 1.84 bits per heavy atom. The standard InChI is InChI=1S/C16H11ClO2/c17-12-7-6-11-8-14(16(18)19)15(13(11)9-12)10-4-2-1-3-5-10/h1-7,9H,8H2,(H,18,19)/p-1. The summed E-state index contributed by atoms with van der Waals surface area (Å²) in [6.45, 7) is 0. The number of carbonyl (C=O) groups is 1. The summed E-state index contributed by atoms with van der Waals surface area (Å²) in [4.78, 5) is 11.3. The van der Waals surface area contributed by atoms with Crippen LogP contribution in [0.15, 0.2) is 54.1 Å². The topological polar surface area (TPSA) is 40.1 Å². The average Bonchev–Trinajstić information content (AvgIpc) is 2.78. The summed E-state index contributed by atoms with van der Waals surface area (Å²) in [6, 6.07) is 14.9. The predicted octanol–water partition coefficient (Wildman–Crippen LogP) is 2.45. The number of carboxylic acid groups (broad SMARTS) is 1. The second kappa shape index (κ2) is 4.56. The molecule has 2 aromatic rings. The van der Waals surface area contributed by atoms with Crippen LogP contribution in [-0.2, 0) is 11.2 Å². The number of aliphatic carboxylic acids is 1. The summed E-state index contributed by atoms with van der Waals surface area (Å²) >= 11 is 6.02. The fourth-order valence-electron chi connectivity index (χ4n) is 2.49. The molecule has 1 aliphatic rings. The van der Waals surface area contributed by atoms with Gasteiger partial charge < -0.3 is 9.90 Å². The van der Waals surface area contributed by atoms with Crippen molar-refractivity contribution in [3.63, 3.8) is 0 Å². The zero-order valence-electron chi connectivity index (χ0n) is 10.0. The maximum absolute atomic E-state index is 11.3. The minimum Gasteiger partial charge on any atom is -0.545 e. The molecule has 0 aliphatic heterocycles. The Morgan fingerprint density at radius 1 is 1.11 bits per heavy atom. The van der Waals surface area contributed by atoms with Crippen LogP contribution < -0.4 is 5.11 Å². The SMILES string of the molecule is O=C([O-])C1=C(c2ccccc2)c2cc(Cl)ccc2C1. The average molecular weight is 270 g/mol. The summed E-state index contributed by atoms with van der Waals surface area (Å²) < 4.78 is 0. The number of hydrogen-bond acceptors (Lipinski definition) is 2. The summed E-state index contributed by atoms with van der Waals surface area (Å²) in [5.41, 5.74) is 3.78. The van der Waals surface area contributed by atoms with E-state index in [0.29, 0.717) is 17.0 Å². The van der Waals surface area contributed by atoms with Crippen LogP contribution in [0.25, 0.3) is 5.57 Å². The molecule has 0 heterocycles. The van der Waals surface area contributed by atoms with Crippen molar-refractivity contribution in [3.8, 4) is 0 Å². The molecule has 0 amide bonds. The number of benzene rings is 2. The van der Waals surface area contributed by atoms with Crippen LogP contribution in [0, 0.1) is 0 Å². The molecule has 19 heavy (non-hydrogen) atoms. The molecule has 0 atom stereocenters. The van der Waals surface area contributed by atoms with E-state index >= 15 is 0 Å². The molecule has 2 aromatic carbocycles. The lowest BCUT2D eigenvalue weighted by Gasteiger charge is -2.10. The minimum absolute atomic E-state index is 0.323. The molecule has 0 unspecified atom stereocenters. The van der Waals surface area contributed by atoms with Gasteiger partial charge in [-0.25, -0.2) is 0 Å². The van der Waals surface area contributed by atoms with Gasteiger partial charge in [-0.1, -0.05) is 48.0 Å². The van der Waals surface area contributed by atoms with Crippen molar-refractivity contribution < 1.29 is 9.90 Å². The first kappa shape index (κ1) is 12.0. The maximum atomic E-state index is 11.3. The van der Waals surface area contributed by atoms with Crippen LogP contribution in [-0.4, -0.2) is 5.97 Å². The number of hydrogen-bond donors (Lipinski definition) is 0. The molecule has 0 radical (unpaired) electrons. The molecule has 0 bridgehead atoms. The second-order valence-electron chi connectivity index (χ2n) is 4.49. The molecule has 94 valence electrons. The van der Waals surface area contributed by atoms with E-state index in [4.69, 9.17) is 11.6 Å². The fourth-order valence-corrected chi connectivity index (χ4v) is 2.66. The molecular weight excluding hydrogens is 260 g/mol. The van der Waals surface area contributed by atoms with E-state index in [2.05, 4.69) is 0 Å². The highest BCUT2D eigenvalue weighted by Crippen LogP contribution is 2.38. The van der Waals surface area contributed by atoms with Gasteiger partial charge >= 0.3 is 0 Å². The Morgan fingerprint density at radius 3 is 2.53 bits per heavy atom. The number of carbonyl (C=O) groups excluding carboxylic acids is 1. The number of rotatable bonds is 2. The molecule has 0 N–H and O–H groups in total. The van der Waals surface area contributed by atoms with Gasteiger partial charge in [-0.2, -0.15) is 0 Å². The molecule has 0 spiro atoms. The fraction of sp³-hybridized carbons (Fsp3) is 0.0625. The summed E-state index contributed by atoms with van der Waals surface area (Å²) in [7, 11) is 0. The van der Waals surface area contributed by atoms with Crippen molar-refractivity contribution in [3.05, 3.63) is 75.8 Å². The van der Waals surface area contributed by atoms with Gasteiger partial charge in [-0.05, 0) is 40.0 Å². The molecular formula is C16H10ClO2-. The summed E-state index contributed by atoms with van der Waals surface area (Å²) in [5, 5.41) is 11.9. The van der Waals surface area contributed by atoms with E-state index in [1.807, 2.05) is 42.5 Å². The molecule has 0 aromatic heterocycles. The Bertz CT molecular complexity index is 687. The van der Waals surface area contributed by atoms with Gasteiger partial charge in [0.15, 0.2) is 0 Å². The zero-order chi connectivity index (χ0) is 13.4. The van der Waals surface area contributed by atoms with E-state index < -0.39 is 5.97 Å². The van der Waals surface area contributed by atoms with Gasteiger partial charge in [0.05, 0.1) is 5.97 Å². The van der Waals surface area contributed by atoms with Crippen molar-refractivity contribution in [2.75, 3.05) is 0 Å². The van der Waals surface area contributed by atoms with Crippen LogP contribution in [0.2, 0.25) is 5.02 Å². The molecule has 1 aliphatic carbocycles. The molecule has 0 fully saturated rings. The van der Waals surface area contributed by atoms with Crippen LogP contribution in [0.5, 0.6) is 0 Å². The third kappa shape index (κ3) is 2.04. The highest BCUT2D eigenvalue weighted by atomic mass is 35.5. The summed E-state index contributed by atoms with van der Waals surface area (Å²) in [6.07, 6.45) is 0.388. The minimum atomic E-state index is -1.12. The van der Waals surface area contributed by atoms with Crippen molar-refractivity contribution in [2.45, 2.75) is 6.42 Å². The van der Waals surface area contributed by atoms with E-state index in [0.717, 1.165) is 22.3 Å². The highest BCUT2D eigenvalue weighted by Gasteiger charge is 2.23. The predicted molar refractivity (Wildman–Crippen MR) is 72.6 cm³/mol. The monoisotopic (exact) mass is 269 g/mol. The van der Waals surface area contributed by atoms with Gasteiger partial charge in [-0.15, -0.1) is 0 Å². The lowest BCUT2D eigenvalue weighted by Crippen LogP contribution is -2.25. The summed E-state index contributed by atoms with van der Waals surface area (Å²) in [5.74, 6) is -1.12. The first-order valence-corrected chi connectivity index (χ1v) is 6.33. The quantitative estimate of drug-likeness (QED) is 0.840. The maximum Gasteiger partial charge on any atom is 0.0684 e. The number of halogens is 1. The molecule has 0 saturated heterocycles. The molecule has 0 saturated carbocycles. The number of fused-ring (bicyclic) bond motifs is 1. The van der Waals surface area contributed by atoms with Gasteiger partial charge in [0.25, 0.3) is 0 Å². The van der Waals surface area contributed by atoms with Crippen molar-refractivity contribution >= 4 is 23.1 Å². The van der Waals surface area contributed by atoms with E-state index in [-0.39, 0.29) is 0 Å². The van der Waals surface area contributed by atoms with Crippen molar-refractivity contribution in [1.82, 2.24) is 0 Å². The van der Waals surface area contributed by atoms with Crippen LogP contribution in [0.3, 0.4) is 0 Å². The molecule has 3 rings (SSSR count). The Labute approximate surface area is 116 Å².